The van der Waals surface area contributed by atoms with Crippen molar-refractivity contribution in [2.75, 3.05) is 25.1 Å². The van der Waals surface area contributed by atoms with Crippen LogP contribution < -0.4 is 10.1 Å². The Kier molecular flexibility index (Phi) is 4.80. The van der Waals surface area contributed by atoms with Crippen LogP contribution in [0, 0.1) is 6.92 Å². The van der Waals surface area contributed by atoms with Crippen molar-refractivity contribution in [2.45, 2.75) is 38.0 Å². The van der Waals surface area contributed by atoms with Gasteiger partial charge in [0.2, 0.25) is 11.8 Å². The molecule has 1 aliphatic heterocycles. The van der Waals surface area contributed by atoms with Crippen molar-refractivity contribution in [1.29, 1.82) is 0 Å². The molecule has 0 unspecified atom stereocenters. The molecule has 4 heterocycles. The number of aryl methyl sites for hydroxylation is 1. The average molecular weight is 414 g/mol. The lowest BCUT2D eigenvalue weighted by Crippen LogP contribution is -2.46. The molecule has 29 heavy (non-hydrogen) atoms. The van der Waals surface area contributed by atoms with E-state index < -0.39 is 0 Å². The van der Waals surface area contributed by atoms with Crippen molar-refractivity contribution in [3.8, 4) is 5.88 Å². The van der Waals surface area contributed by atoms with E-state index in [-0.39, 0.29) is 12.3 Å². The normalized spacial score (nSPS) is 17.3. The van der Waals surface area contributed by atoms with E-state index in [0.29, 0.717) is 30.1 Å². The van der Waals surface area contributed by atoms with E-state index in [0.717, 1.165) is 30.4 Å². The van der Waals surface area contributed by atoms with Crippen molar-refractivity contribution in [2.24, 2.45) is 0 Å². The molecule has 0 spiro atoms. The number of hydrogen-bond donors (Lipinski definition) is 2. The number of H-pyrrole nitrogens is 1. The zero-order valence-corrected chi connectivity index (χ0v) is 16.9. The molecule has 3 aromatic heterocycles. The van der Waals surface area contributed by atoms with Crippen LogP contribution in [0.1, 0.15) is 47.4 Å². The maximum Gasteiger partial charge on any atom is 0.233 e. The highest BCUT2D eigenvalue weighted by atomic mass is 32.1. The highest BCUT2D eigenvalue weighted by Gasteiger charge is 2.32. The number of anilines is 1. The smallest absolute Gasteiger partial charge is 0.233 e. The van der Waals surface area contributed by atoms with Gasteiger partial charge in [0.1, 0.15) is 12.5 Å². The molecule has 9 nitrogen and oxygen atoms in total. The Balaban J connectivity index is 1.08. The fraction of sp³-hybridized carbons (Fsp3) is 0.474. The van der Waals surface area contributed by atoms with Gasteiger partial charge in [-0.1, -0.05) is 5.16 Å². The summed E-state index contributed by atoms with van der Waals surface area (Å²) in [5, 5.41) is 15.9. The number of rotatable bonds is 8. The van der Waals surface area contributed by atoms with E-state index in [9.17, 15) is 4.79 Å². The Hall–Kier alpha value is -2.72. The van der Waals surface area contributed by atoms with Gasteiger partial charge in [-0.2, -0.15) is 9.47 Å². The first-order chi connectivity index (χ1) is 14.1. The van der Waals surface area contributed by atoms with Crippen LogP contribution >= 0.6 is 11.5 Å². The van der Waals surface area contributed by atoms with Gasteiger partial charge in [0, 0.05) is 47.8 Å². The van der Waals surface area contributed by atoms with Gasteiger partial charge >= 0.3 is 0 Å². The summed E-state index contributed by atoms with van der Waals surface area (Å²) in [5.74, 6) is 2.68. The van der Waals surface area contributed by atoms with Crippen LogP contribution in [0.4, 0.5) is 5.82 Å². The van der Waals surface area contributed by atoms with Gasteiger partial charge < -0.3 is 14.6 Å². The monoisotopic (exact) mass is 414 g/mol. The van der Waals surface area contributed by atoms with Gasteiger partial charge in [0.05, 0.1) is 12.1 Å². The third-order valence-corrected chi connectivity index (χ3v) is 5.87. The summed E-state index contributed by atoms with van der Waals surface area (Å²) in [6.45, 7) is 4.14. The second-order valence-corrected chi connectivity index (χ2v) is 8.35. The SMILES string of the molecule is Cc1cc(CC(=O)Nc2cc(C3CN(COc4nscc4C4CC4)C3)[nH]n2)on1. The second-order valence-electron chi connectivity index (χ2n) is 7.72. The van der Waals surface area contributed by atoms with Crippen LogP contribution in [0.5, 0.6) is 5.88 Å². The zero-order chi connectivity index (χ0) is 19.8. The molecule has 10 heteroatoms. The minimum Gasteiger partial charge on any atom is -0.461 e. The van der Waals surface area contributed by atoms with Gasteiger partial charge in [-0.25, -0.2) is 0 Å². The predicted molar refractivity (Wildman–Crippen MR) is 106 cm³/mol. The van der Waals surface area contributed by atoms with Gasteiger partial charge in [-0.05, 0) is 37.2 Å². The zero-order valence-electron chi connectivity index (χ0n) is 16.1. The molecule has 0 atom stereocenters. The number of ether oxygens (including phenoxy) is 1. The summed E-state index contributed by atoms with van der Waals surface area (Å²) in [4.78, 5) is 14.3. The molecule has 2 fully saturated rings. The second kappa shape index (κ2) is 7.60. The van der Waals surface area contributed by atoms with Crippen molar-refractivity contribution in [3.05, 3.63) is 40.2 Å². The Bertz CT molecular complexity index is 1000. The third-order valence-electron chi connectivity index (χ3n) is 5.24. The number of likely N-dealkylation sites (tertiary alicyclic amines) is 1. The lowest BCUT2D eigenvalue weighted by Gasteiger charge is -2.37. The maximum atomic E-state index is 12.1. The standard InChI is InChI=1S/C19H22N6O3S/c1-11-4-14(28-23-11)5-18(26)20-17-6-16(21-22-17)13-7-25(8-13)10-27-19-15(9-29-24-19)12-2-3-12/h4,6,9,12-13H,2-3,5,7-8,10H2,1H3,(H2,20,21,22,26). The van der Waals surface area contributed by atoms with E-state index in [4.69, 9.17) is 9.26 Å². The minimum absolute atomic E-state index is 0.136. The summed E-state index contributed by atoms with van der Waals surface area (Å²) in [7, 11) is 0. The molecule has 1 aliphatic carbocycles. The Labute approximate surface area is 171 Å². The van der Waals surface area contributed by atoms with E-state index in [1.54, 1.807) is 6.07 Å². The van der Waals surface area contributed by atoms with Crippen molar-refractivity contribution < 1.29 is 14.1 Å². The number of aromatic amines is 1. The molecule has 2 aliphatic rings. The van der Waals surface area contributed by atoms with Crippen molar-refractivity contribution >= 4 is 23.3 Å². The fourth-order valence-electron chi connectivity index (χ4n) is 3.49. The lowest BCUT2D eigenvalue weighted by atomic mass is 9.97. The molecule has 0 radical (unpaired) electrons. The van der Waals surface area contributed by atoms with Crippen LogP contribution in [0.15, 0.2) is 22.0 Å². The summed E-state index contributed by atoms with van der Waals surface area (Å²) in [6, 6.07) is 3.64. The minimum atomic E-state index is -0.183. The number of aromatic nitrogens is 4. The third kappa shape index (κ3) is 4.18. The highest BCUT2D eigenvalue weighted by Crippen LogP contribution is 2.44. The molecule has 5 rings (SSSR count). The number of nitrogens with one attached hydrogen (secondary N) is 2. The molecule has 152 valence electrons. The number of amides is 1. The Morgan fingerprint density at radius 3 is 3.00 bits per heavy atom. The van der Waals surface area contributed by atoms with Gasteiger partial charge in [0.25, 0.3) is 0 Å². The highest BCUT2D eigenvalue weighted by molar-refractivity contribution is 7.03. The summed E-state index contributed by atoms with van der Waals surface area (Å²) >= 11 is 1.47. The quantitative estimate of drug-likeness (QED) is 0.583. The predicted octanol–water partition coefficient (Wildman–Crippen LogP) is 2.66. The molecule has 2 N–H and O–H groups in total. The Morgan fingerprint density at radius 2 is 2.24 bits per heavy atom. The molecular weight excluding hydrogens is 392 g/mol. The molecule has 1 saturated heterocycles. The van der Waals surface area contributed by atoms with Crippen LogP contribution in [0.3, 0.4) is 0 Å². The summed E-state index contributed by atoms with van der Waals surface area (Å²) in [5.41, 5.74) is 3.04. The van der Waals surface area contributed by atoms with Crippen LogP contribution in [0.2, 0.25) is 0 Å². The number of carbonyl (C=O) groups is 1. The topological polar surface area (TPSA) is 109 Å². The van der Waals surface area contributed by atoms with E-state index in [1.165, 1.54) is 29.9 Å². The fourth-order valence-corrected chi connectivity index (χ4v) is 4.20. The molecule has 0 aromatic carbocycles. The van der Waals surface area contributed by atoms with Crippen LogP contribution in [-0.2, 0) is 11.2 Å². The van der Waals surface area contributed by atoms with Crippen molar-refractivity contribution in [3.63, 3.8) is 0 Å². The maximum absolute atomic E-state index is 12.1. The average Bonchev–Trinajstić information content (AvgIpc) is 3.02. The van der Waals surface area contributed by atoms with Crippen LogP contribution in [-0.4, -0.2) is 50.4 Å². The summed E-state index contributed by atoms with van der Waals surface area (Å²) in [6.07, 6.45) is 2.63. The molecule has 1 amide bonds. The first-order valence-corrected chi connectivity index (χ1v) is 10.5. The lowest BCUT2D eigenvalue weighted by molar-refractivity contribution is -0.115. The van der Waals surface area contributed by atoms with Gasteiger partial charge in [-0.3, -0.25) is 14.8 Å². The number of carbonyl (C=O) groups excluding carboxylic acids is 1. The number of hydrogen-bond acceptors (Lipinski definition) is 8. The van der Waals surface area contributed by atoms with Crippen molar-refractivity contribution in [1.82, 2.24) is 24.6 Å². The largest absolute Gasteiger partial charge is 0.461 e. The first kappa shape index (κ1) is 18.3. The molecule has 3 aromatic rings. The summed E-state index contributed by atoms with van der Waals surface area (Å²) < 4.78 is 15.4. The molecule has 1 saturated carbocycles. The van der Waals surface area contributed by atoms with E-state index >= 15 is 0 Å². The molecule has 0 bridgehead atoms. The van der Waals surface area contributed by atoms with E-state index in [1.807, 2.05) is 13.0 Å². The van der Waals surface area contributed by atoms with Gasteiger partial charge in [-0.15, -0.1) is 0 Å². The number of nitrogens with zero attached hydrogens (tertiary/aromatic N) is 4. The first-order valence-electron chi connectivity index (χ1n) is 9.71. The Morgan fingerprint density at radius 1 is 1.38 bits per heavy atom. The van der Waals surface area contributed by atoms with E-state index in [2.05, 4.69) is 35.3 Å². The van der Waals surface area contributed by atoms with Crippen LogP contribution in [0.25, 0.3) is 0 Å². The molecular formula is C19H22N6O3S. The van der Waals surface area contributed by atoms with Gasteiger partial charge in [0.15, 0.2) is 5.82 Å².